The number of hydrogen-bond donors (Lipinski definition) is 1. The third-order valence-corrected chi connectivity index (χ3v) is 6.52. The first kappa shape index (κ1) is 24.5. The number of hydrogen-bond acceptors (Lipinski definition) is 6. The molecule has 0 bridgehead atoms. The molecule has 2 heterocycles. The molecule has 4 aromatic rings. The minimum Gasteiger partial charge on any atom is -0.506 e. The summed E-state index contributed by atoms with van der Waals surface area (Å²) in [4.78, 5) is 13.0. The number of fused-ring (bicyclic) bond motifs is 1. The second kappa shape index (κ2) is 9.72. The number of aromatic nitrogens is 2. The first-order valence-electron chi connectivity index (χ1n) is 12.1. The summed E-state index contributed by atoms with van der Waals surface area (Å²) in [6, 6.07) is 20.3. The average Bonchev–Trinajstić information content (AvgIpc) is 3.32. The molecular formula is C31H24N4O3. The summed E-state index contributed by atoms with van der Waals surface area (Å²) in [5, 5.41) is 35.0. The maximum Gasteiger partial charge on any atom is 0.349 e. The molecule has 0 atom stereocenters. The van der Waals surface area contributed by atoms with Crippen molar-refractivity contribution in [2.45, 2.75) is 26.7 Å². The fourth-order valence-corrected chi connectivity index (χ4v) is 4.85. The van der Waals surface area contributed by atoms with Gasteiger partial charge in [0.15, 0.2) is 0 Å². The maximum atomic E-state index is 13.0. The Morgan fingerprint density at radius 2 is 1.76 bits per heavy atom. The third kappa shape index (κ3) is 4.66. The Hall–Kier alpha value is -5.14. The van der Waals surface area contributed by atoms with Gasteiger partial charge >= 0.3 is 5.63 Å². The molecule has 0 saturated carbocycles. The predicted molar refractivity (Wildman–Crippen MR) is 145 cm³/mol. The van der Waals surface area contributed by atoms with Gasteiger partial charge in [-0.1, -0.05) is 62.4 Å². The van der Waals surface area contributed by atoms with Crippen LogP contribution in [-0.2, 0) is 0 Å². The lowest BCUT2D eigenvalue weighted by molar-refractivity contribution is 0.354. The van der Waals surface area contributed by atoms with Gasteiger partial charge in [0.1, 0.15) is 40.3 Å². The molecule has 0 fully saturated rings. The predicted octanol–water partition coefficient (Wildman–Crippen LogP) is 6.45. The van der Waals surface area contributed by atoms with E-state index in [1.54, 1.807) is 35.1 Å². The van der Waals surface area contributed by atoms with Crippen LogP contribution in [-0.4, -0.2) is 14.9 Å². The minimum atomic E-state index is -0.690. The van der Waals surface area contributed by atoms with Gasteiger partial charge in [0.05, 0.1) is 11.1 Å². The van der Waals surface area contributed by atoms with Crippen LogP contribution in [0.4, 0.5) is 0 Å². The van der Waals surface area contributed by atoms with Gasteiger partial charge in [-0.2, -0.15) is 15.6 Å². The van der Waals surface area contributed by atoms with Gasteiger partial charge in [-0.25, -0.2) is 9.48 Å². The highest BCUT2D eigenvalue weighted by Gasteiger charge is 2.27. The fraction of sp³-hybridized carbons (Fsp3) is 0.161. The van der Waals surface area contributed by atoms with Crippen molar-refractivity contribution in [2.75, 3.05) is 0 Å². The van der Waals surface area contributed by atoms with E-state index in [0.717, 1.165) is 17.7 Å². The Labute approximate surface area is 219 Å². The Morgan fingerprint density at radius 1 is 1.05 bits per heavy atom. The molecule has 0 amide bonds. The zero-order chi connectivity index (χ0) is 26.9. The Balaban J connectivity index is 1.68. The Bertz CT molecular complexity index is 1770. The second-order valence-electron chi connectivity index (χ2n) is 10.0. The van der Waals surface area contributed by atoms with E-state index in [4.69, 9.17) is 4.42 Å². The smallest absolute Gasteiger partial charge is 0.349 e. The van der Waals surface area contributed by atoms with Crippen LogP contribution in [0.15, 0.2) is 98.9 Å². The van der Waals surface area contributed by atoms with Gasteiger partial charge in [0.25, 0.3) is 0 Å². The van der Waals surface area contributed by atoms with Gasteiger partial charge in [0.2, 0.25) is 0 Å². The van der Waals surface area contributed by atoms with Gasteiger partial charge in [0, 0.05) is 11.8 Å². The number of benzene rings is 2. The Kier molecular flexibility index (Phi) is 6.28. The van der Waals surface area contributed by atoms with Crippen LogP contribution in [0.25, 0.3) is 34.0 Å². The lowest BCUT2D eigenvalue weighted by Crippen LogP contribution is -2.17. The van der Waals surface area contributed by atoms with Crippen LogP contribution in [0.2, 0.25) is 0 Å². The molecule has 5 rings (SSSR count). The standard InChI is InChI=1S/C31H24N4O3/c1-31(2)15-20(14-22(16-31)23(17-32)18-33)12-13-21-19-35(24-8-4-3-5-9-24)34-28(21)27-29(36)25-10-6-7-11-26(25)38-30(27)37/h3-14,19,36H,15-16H2,1-2H3/b13-12+. The topological polar surface area (TPSA) is 116 Å². The molecule has 186 valence electrons. The molecule has 2 aromatic carbocycles. The van der Waals surface area contributed by atoms with Crippen molar-refractivity contribution >= 4 is 17.0 Å². The molecule has 0 radical (unpaired) electrons. The number of nitrogens with zero attached hydrogens (tertiary/aromatic N) is 4. The number of rotatable bonds is 4. The van der Waals surface area contributed by atoms with Crippen molar-refractivity contribution < 1.29 is 9.52 Å². The van der Waals surface area contributed by atoms with E-state index >= 15 is 0 Å². The van der Waals surface area contributed by atoms with Gasteiger partial charge in [-0.3, -0.25) is 0 Å². The zero-order valence-corrected chi connectivity index (χ0v) is 21.0. The summed E-state index contributed by atoms with van der Waals surface area (Å²) >= 11 is 0. The summed E-state index contributed by atoms with van der Waals surface area (Å²) in [6.07, 6.45) is 8.78. The molecule has 2 aromatic heterocycles. The second-order valence-corrected chi connectivity index (χ2v) is 10.0. The molecule has 7 heteroatoms. The van der Waals surface area contributed by atoms with Crippen LogP contribution < -0.4 is 5.63 Å². The summed E-state index contributed by atoms with van der Waals surface area (Å²) in [6.45, 7) is 4.19. The van der Waals surface area contributed by atoms with Crippen LogP contribution in [0.1, 0.15) is 32.3 Å². The normalized spacial score (nSPS) is 14.7. The van der Waals surface area contributed by atoms with E-state index in [2.05, 4.69) is 18.9 Å². The average molecular weight is 501 g/mol. The molecule has 1 N–H and O–H groups in total. The zero-order valence-electron chi connectivity index (χ0n) is 21.0. The highest BCUT2D eigenvalue weighted by Crippen LogP contribution is 2.40. The SMILES string of the molecule is CC1(C)CC(/C=C/c2cn(-c3ccccc3)nc2-c2c(O)c3ccccc3oc2=O)=CC(=C(C#N)C#N)C1. The molecule has 7 nitrogen and oxygen atoms in total. The quantitative estimate of drug-likeness (QED) is 0.254. The molecule has 1 aliphatic carbocycles. The molecule has 0 saturated heterocycles. The highest BCUT2D eigenvalue weighted by atomic mass is 16.4. The molecule has 0 unspecified atom stereocenters. The summed E-state index contributed by atoms with van der Waals surface area (Å²) in [5.41, 5.74) is 2.86. The largest absolute Gasteiger partial charge is 0.506 e. The molecule has 1 aliphatic rings. The molecule has 0 spiro atoms. The molecular weight excluding hydrogens is 476 g/mol. The summed E-state index contributed by atoms with van der Waals surface area (Å²) in [5.74, 6) is -0.194. The van der Waals surface area contributed by atoms with E-state index in [0.29, 0.717) is 22.9 Å². The van der Waals surface area contributed by atoms with Crippen molar-refractivity contribution in [1.82, 2.24) is 9.78 Å². The van der Waals surface area contributed by atoms with Gasteiger partial charge in [-0.05, 0) is 53.7 Å². The Morgan fingerprint density at radius 3 is 2.50 bits per heavy atom. The summed E-state index contributed by atoms with van der Waals surface area (Å²) < 4.78 is 7.17. The van der Waals surface area contributed by atoms with Crippen LogP contribution in [0.3, 0.4) is 0 Å². The monoisotopic (exact) mass is 500 g/mol. The van der Waals surface area contributed by atoms with E-state index < -0.39 is 5.63 Å². The molecule has 38 heavy (non-hydrogen) atoms. The van der Waals surface area contributed by atoms with Crippen LogP contribution in [0.5, 0.6) is 5.75 Å². The van der Waals surface area contributed by atoms with Crippen LogP contribution >= 0.6 is 0 Å². The minimum absolute atomic E-state index is 0.0205. The number of nitriles is 2. The lowest BCUT2D eigenvalue weighted by Gasteiger charge is -2.30. The van der Waals surface area contributed by atoms with Crippen molar-refractivity contribution in [3.63, 3.8) is 0 Å². The number of para-hydroxylation sites is 2. The van der Waals surface area contributed by atoms with E-state index in [9.17, 15) is 20.4 Å². The van der Waals surface area contributed by atoms with Crippen molar-refractivity contribution in [2.24, 2.45) is 5.41 Å². The highest BCUT2D eigenvalue weighted by molar-refractivity contribution is 5.91. The summed E-state index contributed by atoms with van der Waals surface area (Å²) in [7, 11) is 0. The van der Waals surface area contributed by atoms with Gasteiger partial charge in [-0.15, -0.1) is 0 Å². The first-order chi connectivity index (χ1) is 18.3. The maximum absolute atomic E-state index is 13.0. The fourth-order valence-electron chi connectivity index (χ4n) is 4.85. The molecule has 0 aliphatic heterocycles. The van der Waals surface area contributed by atoms with Crippen LogP contribution in [0, 0.1) is 28.1 Å². The third-order valence-electron chi connectivity index (χ3n) is 6.52. The first-order valence-corrected chi connectivity index (χ1v) is 12.1. The lowest BCUT2D eigenvalue weighted by atomic mass is 9.74. The number of allylic oxidation sites excluding steroid dienone is 5. The van der Waals surface area contributed by atoms with E-state index in [1.165, 1.54) is 0 Å². The van der Waals surface area contributed by atoms with E-state index in [1.807, 2.05) is 60.7 Å². The van der Waals surface area contributed by atoms with Crippen molar-refractivity contribution in [3.8, 4) is 34.8 Å². The van der Waals surface area contributed by atoms with E-state index in [-0.39, 0.29) is 33.6 Å². The van der Waals surface area contributed by atoms with Crippen molar-refractivity contribution in [1.29, 1.82) is 10.5 Å². The number of aromatic hydroxyl groups is 1. The van der Waals surface area contributed by atoms with Gasteiger partial charge < -0.3 is 9.52 Å². The van der Waals surface area contributed by atoms with Crippen molar-refractivity contribution in [3.05, 3.63) is 106 Å².